The summed E-state index contributed by atoms with van der Waals surface area (Å²) in [5, 5.41) is 0. The van der Waals surface area contributed by atoms with Gasteiger partial charge in [-0.1, -0.05) is 32.3 Å². The highest BCUT2D eigenvalue weighted by molar-refractivity contribution is 5.97. The standard InChI is InChI=1S/C16H24N2O2/c1-3-4-5-6-9-18-14-10-13(12(2)17)7-8-15(14)20-11-16(18)19/h7-8,10,12H,3-6,9,11,17H2,1-2H3. The number of fused-ring (bicyclic) bond motifs is 1. The maximum Gasteiger partial charge on any atom is 0.265 e. The lowest BCUT2D eigenvalue weighted by Crippen LogP contribution is -2.39. The van der Waals surface area contributed by atoms with Crippen molar-refractivity contribution in [2.75, 3.05) is 18.1 Å². The molecule has 1 aliphatic rings. The van der Waals surface area contributed by atoms with E-state index in [-0.39, 0.29) is 18.6 Å². The second-order valence-corrected chi connectivity index (χ2v) is 5.41. The molecule has 2 N–H and O–H groups in total. The largest absolute Gasteiger partial charge is 0.482 e. The molecule has 4 nitrogen and oxygen atoms in total. The molecule has 1 atom stereocenters. The first-order chi connectivity index (χ1) is 9.63. The number of ether oxygens (including phenoxy) is 1. The van der Waals surface area contributed by atoms with E-state index < -0.39 is 0 Å². The third-order valence-electron chi connectivity index (χ3n) is 3.69. The molecule has 0 aromatic heterocycles. The molecular formula is C16H24N2O2. The fourth-order valence-electron chi connectivity index (χ4n) is 2.44. The zero-order chi connectivity index (χ0) is 14.5. The predicted molar refractivity (Wildman–Crippen MR) is 81.0 cm³/mol. The van der Waals surface area contributed by atoms with Gasteiger partial charge in [-0.3, -0.25) is 4.79 Å². The van der Waals surface area contributed by atoms with E-state index in [1.165, 1.54) is 12.8 Å². The minimum atomic E-state index is -0.0423. The van der Waals surface area contributed by atoms with Crippen molar-refractivity contribution < 1.29 is 9.53 Å². The highest BCUT2D eigenvalue weighted by Crippen LogP contribution is 2.34. The Kier molecular flexibility index (Phi) is 5.01. The van der Waals surface area contributed by atoms with Gasteiger partial charge in [0.15, 0.2) is 6.61 Å². The van der Waals surface area contributed by atoms with E-state index in [0.29, 0.717) is 0 Å². The molecule has 1 aromatic carbocycles. The number of rotatable bonds is 6. The Labute approximate surface area is 120 Å². The lowest BCUT2D eigenvalue weighted by molar-refractivity contribution is -0.121. The molecule has 0 fully saturated rings. The molecule has 0 saturated carbocycles. The van der Waals surface area contributed by atoms with E-state index in [1.54, 1.807) is 0 Å². The van der Waals surface area contributed by atoms with Gasteiger partial charge in [0.2, 0.25) is 0 Å². The van der Waals surface area contributed by atoms with Crippen molar-refractivity contribution in [1.29, 1.82) is 0 Å². The third kappa shape index (κ3) is 3.31. The van der Waals surface area contributed by atoms with E-state index in [4.69, 9.17) is 10.5 Å². The first-order valence-corrected chi connectivity index (χ1v) is 7.46. The molecule has 0 bridgehead atoms. The molecule has 0 saturated heterocycles. The highest BCUT2D eigenvalue weighted by Gasteiger charge is 2.25. The first kappa shape index (κ1) is 14.9. The van der Waals surface area contributed by atoms with Gasteiger partial charge in [-0.05, 0) is 31.0 Å². The molecular weight excluding hydrogens is 252 g/mol. The number of anilines is 1. The van der Waals surface area contributed by atoms with Crippen molar-refractivity contribution in [3.8, 4) is 5.75 Å². The summed E-state index contributed by atoms with van der Waals surface area (Å²) in [6.07, 6.45) is 4.60. The fourth-order valence-corrected chi connectivity index (χ4v) is 2.44. The van der Waals surface area contributed by atoms with Crippen LogP contribution < -0.4 is 15.4 Å². The summed E-state index contributed by atoms with van der Waals surface area (Å²) in [5.41, 5.74) is 7.82. The second-order valence-electron chi connectivity index (χ2n) is 5.41. The van der Waals surface area contributed by atoms with Crippen LogP contribution in [0.15, 0.2) is 18.2 Å². The summed E-state index contributed by atoms with van der Waals surface area (Å²) >= 11 is 0. The van der Waals surface area contributed by atoms with Crippen LogP contribution in [0.2, 0.25) is 0 Å². The summed E-state index contributed by atoms with van der Waals surface area (Å²) in [6, 6.07) is 5.82. The summed E-state index contributed by atoms with van der Waals surface area (Å²) in [6.45, 7) is 5.03. The minimum absolute atomic E-state index is 0.0378. The first-order valence-electron chi connectivity index (χ1n) is 7.46. The molecule has 2 rings (SSSR count). The number of hydrogen-bond acceptors (Lipinski definition) is 3. The average Bonchev–Trinajstić information content (AvgIpc) is 2.44. The Bertz CT molecular complexity index is 472. The van der Waals surface area contributed by atoms with Gasteiger partial charge in [0.25, 0.3) is 5.91 Å². The number of carbonyl (C=O) groups is 1. The van der Waals surface area contributed by atoms with Gasteiger partial charge in [0.1, 0.15) is 5.75 Å². The zero-order valence-electron chi connectivity index (χ0n) is 12.4. The maximum absolute atomic E-state index is 12.1. The lowest BCUT2D eigenvalue weighted by atomic mass is 10.1. The van der Waals surface area contributed by atoms with Gasteiger partial charge < -0.3 is 15.4 Å². The van der Waals surface area contributed by atoms with Crippen LogP contribution >= 0.6 is 0 Å². The SMILES string of the molecule is CCCCCCN1C(=O)COc2ccc(C(C)N)cc21. The Morgan fingerprint density at radius 2 is 2.15 bits per heavy atom. The Morgan fingerprint density at radius 3 is 2.85 bits per heavy atom. The van der Waals surface area contributed by atoms with Gasteiger partial charge >= 0.3 is 0 Å². The van der Waals surface area contributed by atoms with Gasteiger partial charge in [-0.2, -0.15) is 0 Å². The number of carbonyl (C=O) groups excluding carboxylic acids is 1. The molecule has 4 heteroatoms. The number of nitrogens with zero attached hydrogens (tertiary/aromatic N) is 1. The monoisotopic (exact) mass is 276 g/mol. The fraction of sp³-hybridized carbons (Fsp3) is 0.562. The molecule has 1 amide bonds. The van der Waals surface area contributed by atoms with Gasteiger partial charge in [-0.15, -0.1) is 0 Å². The molecule has 1 unspecified atom stereocenters. The second kappa shape index (κ2) is 6.75. The average molecular weight is 276 g/mol. The van der Waals surface area contributed by atoms with Gasteiger partial charge in [-0.25, -0.2) is 0 Å². The van der Waals surface area contributed by atoms with Crippen molar-refractivity contribution in [1.82, 2.24) is 0 Å². The smallest absolute Gasteiger partial charge is 0.265 e. The Morgan fingerprint density at radius 1 is 1.35 bits per heavy atom. The number of nitrogens with two attached hydrogens (primary N) is 1. The van der Waals surface area contributed by atoms with Crippen molar-refractivity contribution in [3.05, 3.63) is 23.8 Å². The molecule has 0 radical (unpaired) electrons. The highest BCUT2D eigenvalue weighted by atomic mass is 16.5. The third-order valence-corrected chi connectivity index (χ3v) is 3.69. The Hall–Kier alpha value is -1.55. The Balaban J connectivity index is 2.16. The van der Waals surface area contributed by atoms with Crippen molar-refractivity contribution >= 4 is 11.6 Å². The van der Waals surface area contributed by atoms with Crippen LogP contribution in [0.25, 0.3) is 0 Å². The zero-order valence-corrected chi connectivity index (χ0v) is 12.4. The lowest BCUT2D eigenvalue weighted by Gasteiger charge is -2.30. The van der Waals surface area contributed by atoms with Gasteiger partial charge in [0, 0.05) is 12.6 Å². The van der Waals surface area contributed by atoms with E-state index in [2.05, 4.69) is 6.92 Å². The molecule has 0 aliphatic carbocycles. The predicted octanol–water partition coefficient (Wildman–Crippen LogP) is 3.01. The molecule has 1 aliphatic heterocycles. The topological polar surface area (TPSA) is 55.6 Å². The van der Waals surface area contributed by atoms with Crippen LogP contribution in [0, 0.1) is 0 Å². The summed E-state index contributed by atoms with van der Waals surface area (Å²) < 4.78 is 5.50. The van der Waals surface area contributed by atoms with Crippen LogP contribution in [0.4, 0.5) is 5.69 Å². The van der Waals surface area contributed by atoms with Crippen molar-refractivity contribution in [3.63, 3.8) is 0 Å². The number of amides is 1. The van der Waals surface area contributed by atoms with Crippen LogP contribution in [0.1, 0.15) is 51.1 Å². The van der Waals surface area contributed by atoms with Gasteiger partial charge in [0.05, 0.1) is 5.69 Å². The minimum Gasteiger partial charge on any atom is -0.482 e. The number of benzene rings is 1. The van der Waals surface area contributed by atoms with Crippen LogP contribution in [0.5, 0.6) is 5.75 Å². The summed E-state index contributed by atoms with van der Waals surface area (Å²) in [4.78, 5) is 13.9. The van der Waals surface area contributed by atoms with Crippen LogP contribution in [0.3, 0.4) is 0 Å². The molecule has 110 valence electrons. The molecule has 1 aromatic rings. The normalized spacial score (nSPS) is 15.8. The summed E-state index contributed by atoms with van der Waals surface area (Å²) in [7, 11) is 0. The molecule has 20 heavy (non-hydrogen) atoms. The molecule has 0 spiro atoms. The van der Waals surface area contributed by atoms with E-state index in [1.807, 2.05) is 30.0 Å². The quantitative estimate of drug-likeness (QED) is 0.813. The summed E-state index contributed by atoms with van der Waals surface area (Å²) in [5.74, 6) is 0.820. The van der Waals surface area contributed by atoms with E-state index in [9.17, 15) is 4.79 Å². The van der Waals surface area contributed by atoms with Crippen molar-refractivity contribution in [2.45, 2.75) is 45.6 Å². The van der Waals surface area contributed by atoms with Crippen LogP contribution in [-0.4, -0.2) is 19.1 Å². The van der Waals surface area contributed by atoms with E-state index in [0.717, 1.165) is 36.4 Å². The number of unbranched alkanes of at least 4 members (excludes halogenated alkanes) is 3. The maximum atomic E-state index is 12.1. The van der Waals surface area contributed by atoms with Crippen molar-refractivity contribution in [2.24, 2.45) is 5.73 Å². The molecule has 1 heterocycles. The van der Waals surface area contributed by atoms with E-state index >= 15 is 0 Å². The number of hydrogen-bond donors (Lipinski definition) is 1. The van der Waals surface area contributed by atoms with Crippen LogP contribution in [-0.2, 0) is 4.79 Å².